The first-order valence-corrected chi connectivity index (χ1v) is 10.5. The van der Waals surface area contributed by atoms with E-state index in [1.807, 2.05) is 10.9 Å². The molecule has 0 bridgehead atoms. The van der Waals surface area contributed by atoms with Gasteiger partial charge in [0.15, 0.2) is 11.5 Å². The van der Waals surface area contributed by atoms with Crippen LogP contribution in [0.5, 0.6) is 0 Å². The van der Waals surface area contributed by atoms with E-state index in [4.69, 9.17) is 0 Å². The summed E-state index contributed by atoms with van der Waals surface area (Å²) in [7, 11) is 0. The molecule has 0 aliphatic heterocycles. The molecule has 1 amide bonds. The van der Waals surface area contributed by atoms with E-state index in [1.165, 1.54) is 0 Å². The molecule has 0 atom stereocenters. The minimum atomic E-state index is -1.32. The van der Waals surface area contributed by atoms with Crippen LogP contribution in [0.4, 0.5) is 14.5 Å². The van der Waals surface area contributed by atoms with Crippen molar-refractivity contribution in [2.24, 2.45) is 5.92 Å². The van der Waals surface area contributed by atoms with Gasteiger partial charge in [0, 0.05) is 34.8 Å². The predicted octanol–water partition coefficient (Wildman–Crippen LogP) is 4.12. The number of aldehydes is 1. The lowest BCUT2D eigenvalue weighted by molar-refractivity contribution is -0.112. The highest BCUT2D eigenvalue weighted by atomic mass is 19.1. The van der Waals surface area contributed by atoms with Gasteiger partial charge in [-0.05, 0) is 51.7 Å². The van der Waals surface area contributed by atoms with Crippen LogP contribution in [0.3, 0.4) is 0 Å². The summed E-state index contributed by atoms with van der Waals surface area (Å²) in [6.45, 7) is 3.14. The summed E-state index contributed by atoms with van der Waals surface area (Å²) in [5.41, 5.74) is -0.544. The van der Waals surface area contributed by atoms with Gasteiger partial charge >= 0.3 is 0 Å². The van der Waals surface area contributed by atoms with Crippen molar-refractivity contribution in [1.29, 1.82) is 0 Å². The minimum Gasteiger partial charge on any atom is -0.386 e. The zero-order chi connectivity index (χ0) is 23.0. The van der Waals surface area contributed by atoms with Gasteiger partial charge in [-0.2, -0.15) is 5.10 Å². The first-order chi connectivity index (χ1) is 15.2. The predicted molar refractivity (Wildman–Crippen MR) is 114 cm³/mol. The second kappa shape index (κ2) is 8.38. The molecular formula is C23H24F2N4O3. The van der Waals surface area contributed by atoms with Gasteiger partial charge in [-0.1, -0.05) is 0 Å². The molecule has 0 unspecified atom stereocenters. The highest BCUT2D eigenvalue weighted by Gasteiger charge is 2.26. The third-order valence-electron chi connectivity index (χ3n) is 5.90. The minimum absolute atomic E-state index is 0.0975. The highest BCUT2D eigenvalue weighted by Crippen LogP contribution is 2.35. The van der Waals surface area contributed by atoms with Gasteiger partial charge in [-0.15, -0.1) is 0 Å². The topological polar surface area (TPSA) is 97.1 Å². The van der Waals surface area contributed by atoms with Crippen LogP contribution in [0.2, 0.25) is 0 Å². The average molecular weight is 442 g/mol. The van der Waals surface area contributed by atoms with E-state index in [0.717, 1.165) is 43.6 Å². The molecular weight excluding hydrogens is 418 g/mol. The quantitative estimate of drug-likeness (QED) is 0.580. The summed E-state index contributed by atoms with van der Waals surface area (Å²) in [6.07, 6.45) is 6.96. The Balaban J connectivity index is 1.68. The molecule has 4 rings (SSSR count). The SMILES string of the molecule is CC(C)(O)c1cc2nn(C3CCC(C=O)CC3)cc2cc1NC(=O)c1ncc(F)cc1F. The number of hydrogen-bond donors (Lipinski definition) is 2. The lowest BCUT2D eigenvalue weighted by atomic mass is 9.87. The number of rotatable bonds is 5. The molecule has 32 heavy (non-hydrogen) atoms. The highest BCUT2D eigenvalue weighted by molar-refractivity contribution is 6.04. The monoisotopic (exact) mass is 442 g/mol. The molecule has 168 valence electrons. The lowest BCUT2D eigenvalue weighted by Gasteiger charge is -2.25. The number of amides is 1. The van der Waals surface area contributed by atoms with Crippen LogP contribution in [-0.2, 0) is 10.4 Å². The van der Waals surface area contributed by atoms with Gasteiger partial charge in [0.25, 0.3) is 5.91 Å². The molecule has 2 heterocycles. The van der Waals surface area contributed by atoms with Gasteiger partial charge in [0.2, 0.25) is 0 Å². The zero-order valence-corrected chi connectivity index (χ0v) is 17.8. The number of pyridine rings is 1. The van der Waals surface area contributed by atoms with E-state index in [1.54, 1.807) is 26.0 Å². The Labute approximate surface area is 183 Å². The molecule has 9 heteroatoms. The molecule has 2 aromatic heterocycles. The Hall–Kier alpha value is -3.20. The number of anilines is 1. The first kappa shape index (κ1) is 22.0. The van der Waals surface area contributed by atoms with Gasteiger partial charge in [-0.3, -0.25) is 9.48 Å². The number of hydrogen-bond acceptors (Lipinski definition) is 5. The number of carbonyl (C=O) groups excluding carboxylic acids is 2. The normalized spacial score (nSPS) is 19.2. The van der Waals surface area contributed by atoms with Crippen LogP contribution in [-0.4, -0.2) is 32.1 Å². The standard InChI is InChI=1S/C23H24F2N4O3/c1-23(2,32)17-9-19-14(11-29(28-19)16-5-3-13(12-30)4-6-16)7-20(17)27-22(31)21-18(25)8-15(24)10-26-21/h7-13,16,32H,3-6H2,1-2H3,(H,27,31). The van der Waals surface area contributed by atoms with E-state index in [9.17, 15) is 23.5 Å². The Morgan fingerprint density at radius 1 is 1.22 bits per heavy atom. The van der Waals surface area contributed by atoms with E-state index in [-0.39, 0.29) is 17.6 Å². The van der Waals surface area contributed by atoms with Crippen molar-refractivity contribution in [3.05, 3.63) is 53.5 Å². The third-order valence-corrected chi connectivity index (χ3v) is 5.90. The molecule has 0 radical (unpaired) electrons. The molecule has 0 saturated heterocycles. The van der Waals surface area contributed by atoms with Crippen molar-refractivity contribution in [3.8, 4) is 0 Å². The van der Waals surface area contributed by atoms with Crippen molar-refractivity contribution < 1.29 is 23.5 Å². The number of carbonyl (C=O) groups is 2. The van der Waals surface area contributed by atoms with Crippen molar-refractivity contribution in [2.75, 3.05) is 5.32 Å². The Bertz CT molecular complexity index is 1180. The van der Waals surface area contributed by atoms with Crippen LogP contribution >= 0.6 is 0 Å². The molecule has 1 aliphatic rings. The van der Waals surface area contributed by atoms with E-state index >= 15 is 0 Å². The van der Waals surface area contributed by atoms with Crippen LogP contribution in [0.25, 0.3) is 10.9 Å². The molecule has 3 aromatic rings. The van der Waals surface area contributed by atoms with Crippen LogP contribution in [0.15, 0.2) is 30.6 Å². The summed E-state index contributed by atoms with van der Waals surface area (Å²) in [4.78, 5) is 27.2. The molecule has 1 saturated carbocycles. The fourth-order valence-electron chi connectivity index (χ4n) is 4.15. The molecule has 1 fully saturated rings. The number of aromatic nitrogens is 3. The van der Waals surface area contributed by atoms with Gasteiger partial charge < -0.3 is 15.2 Å². The Kier molecular flexibility index (Phi) is 5.77. The van der Waals surface area contributed by atoms with Gasteiger partial charge in [0.1, 0.15) is 12.1 Å². The fourth-order valence-corrected chi connectivity index (χ4v) is 4.15. The number of fused-ring (bicyclic) bond motifs is 1. The summed E-state index contributed by atoms with van der Waals surface area (Å²) in [6, 6.07) is 4.11. The summed E-state index contributed by atoms with van der Waals surface area (Å²) >= 11 is 0. The van der Waals surface area contributed by atoms with E-state index < -0.39 is 28.8 Å². The average Bonchev–Trinajstić information content (AvgIpc) is 3.15. The second-order valence-electron chi connectivity index (χ2n) is 8.77. The maximum atomic E-state index is 14.0. The second-order valence-corrected chi connectivity index (χ2v) is 8.77. The molecule has 2 N–H and O–H groups in total. The van der Waals surface area contributed by atoms with Gasteiger partial charge in [-0.25, -0.2) is 13.8 Å². The van der Waals surface area contributed by atoms with Gasteiger partial charge in [0.05, 0.1) is 23.4 Å². The maximum Gasteiger partial charge on any atom is 0.277 e. The molecule has 1 aliphatic carbocycles. The number of halogens is 2. The zero-order valence-electron chi connectivity index (χ0n) is 17.8. The fraction of sp³-hybridized carbons (Fsp3) is 0.391. The summed E-state index contributed by atoms with van der Waals surface area (Å²) in [5, 5.41) is 18.6. The number of nitrogens with zero attached hydrogens (tertiary/aromatic N) is 3. The first-order valence-electron chi connectivity index (χ1n) is 10.5. The molecule has 7 nitrogen and oxygen atoms in total. The summed E-state index contributed by atoms with van der Waals surface area (Å²) in [5.74, 6) is -2.72. The Morgan fingerprint density at radius 2 is 1.94 bits per heavy atom. The van der Waals surface area contributed by atoms with Crippen molar-refractivity contribution in [3.63, 3.8) is 0 Å². The smallest absolute Gasteiger partial charge is 0.277 e. The summed E-state index contributed by atoms with van der Waals surface area (Å²) < 4.78 is 29.0. The molecule has 1 aromatic carbocycles. The molecule has 0 spiro atoms. The van der Waals surface area contributed by atoms with Crippen molar-refractivity contribution >= 4 is 28.8 Å². The van der Waals surface area contributed by atoms with Crippen LogP contribution in [0.1, 0.15) is 61.6 Å². The Morgan fingerprint density at radius 3 is 2.56 bits per heavy atom. The van der Waals surface area contributed by atoms with E-state index in [0.29, 0.717) is 17.1 Å². The van der Waals surface area contributed by atoms with Crippen LogP contribution in [0, 0.1) is 17.6 Å². The van der Waals surface area contributed by atoms with E-state index in [2.05, 4.69) is 15.4 Å². The van der Waals surface area contributed by atoms with Crippen molar-refractivity contribution in [1.82, 2.24) is 14.8 Å². The third kappa shape index (κ3) is 4.38. The largest absolute Gasteiger partial charge is 0.386 e. The maximum absolute atomic E-state index is 14.0. The number of benzene rings is 1. The number of aliphatic hydroxyl groups is 1. The number of nitrogens with one attached hydrogen (secondary N) is 1. The lowest BCUT2D eigenvalue weighted by Crippen LogP contribution is -2.22. The van der Waals surface area contributed by atoms with Crippen LogP contribution < -0.4 is 5.32 Å². The van der Waals surface area contributed by atoms with Crippen molar-refractivity contribution in [2.45, 2.75) is 51.2 Å².